The summed E-state index contributed by atoms with van der Waals surface area (Å²) in [6, 6.07) is 20.7. The molecule has 1 N–H and O–H groups in total. The van der Waals surface area contributed by atoms with Gasteiger partial charge < -0.3 is 14.5 Å². The molecular formula is C23H17ClN2O4. The van der Waals surface area contributed by atoms with Gasteiger partial charge in [0.1, 0.15) is 5.75 Å². The molecule has 4 rings (SSSR count). The Morgan fingerprint density at radius 2 is 1.83 bits per heavy atom. The number of para-hydroxylation sites is 1. The van der Waals surface area contributed by atoms with E-state index in [4.69, 9.17) is 20.8 Å². The van der Waals surface area contributed by atoms with Crippen molar-refractivity contribution in [1.82, 2.24) is 4.98 Å². The molecule has 0 fully saturated rings. The number of hydrogen-bond acceptors (Lipinski definition) is 5. The lowest BCUT2D eigenvalue weighted by Gasteiger charge is -2.15. The highest BCUT2D eigenvalue weighted by atomic mass is 35.5. The first kappa shape index (κ1) is 19.7. The zero-order chi connectivity index (χ0) is 21.1. The van der Waals surface area contributed by atoms with Gasteiger partial charge in [0.05, 0.1) is 10.9 Å². The van der Waals surface area contributed by atoms with Gasteiger partial charge in [0.25, 0.3) is 5.91 Å². The molecule has 150 valence electrons. The molecule has 6 nitrogen and oxygen atoms in total. The number of carbonyl (C=O) groups is 1. The van der Waals surface area contributed by atoms with E-state index in [2.05, 4.69) is 10.3 Å². The Kier molecular flexibility index (Phi) is 5.50. The predicted molar refractivity (Wildman–Crippen MR) is 116 cm³/mol. The second-order valence-electron chi connectivity index (χ2n) is 6.61. The molecule has 0 radical (unpaired) electrons. The van der Waals surface area contributed by atoms with Crippen molar-refractivity contribution in [2.45, 2.75) is 13.0 Å². The highest BCUT2D eigenvalue weighted by molar-refractivity contribution is 6.30. The fraction of sp³-hybridized carbons (Fsp3) is 0.0870. The molecule has 1 atom stereocenters. The van der Waals surface area contributed by atoms with E-state index < -0.39 is 11.7 Å². The number of nitrogens with one attached hydrogen (secondary N) is 1. The molecule has 30 heavy (non-hydrogen) atoms. The predicted octanol–water partition coefficient (Wildman–Crippen LogP) is 4.91. The van der Waals surface area contributed by atoms with E-state index in [1.165, 1.54) is 0 Å². The lowest BCUT2D eigenvalue weighted by atomic mass is 10.2. The van der Waals surface area contributed by atoms with Crippen molar-refractivity contribution >= 4 is 34.1 Å². The fourth-order valence-corrected chi connectivity index (χ4v) is 3.06. The molecule has 1 amide bonds. The number of benzene rings is 3. The molecule has 3 aromatic carbocycles. The maximum Gasteiger partial charge on any atom is 0.347 e. The zero-order valence-electron chi connectivity index (χ0n) is 16.0. The van der Waals surface area contributed by atoms with Crippen molar-refractivity contribution in [1.29, 1.82) is 0 Å². The van der Waals surface area contributed by atoms with Gasteiger partial charge in [-0.25, -0.2) is 9.78 Å². The highest BCUT2D eigenvalue weighted by Crippen LogP contribution is 2.22. The summed E-state index contributed by atoms with van der Waals surface area (Å²) < 4.78 is 10.9. The number of aromatic nitrogens is 1. The number of fused-ring (bicyclic) bond motifs is 1. The average Bonchev–Trinajstić information content (AvgIpc) is 2.74. The van der Waals surface area contributed by atoms with E-state index in [1.807, 2.05) is 6.07 Å². The minimum atomic E-state index is -0.719. The lowest BCUT2D eigenvalue weighted by Crippen LogP contribution is -2.30. The number of amides is 1. The van der Waals surface area contributed by atoms with Gasteiger partial charge in [-0.05, 0) is 61.5 Å². The summed E-state index contributed by atoms with van der Waals surface area (Å²) in [6.45, 7) is 1.65. The Labute approximate surface area is 177 Å². The van der Waals surface area contributed by atoms with Gasteiger partial charge in [-0.3, -0.25) is 4.79 Å². The second-order valence-corrected chi connectivity index (χ2v) is 7.04. The van der Waals surface area contributed by atoms with E-state index in [9.17, 15) is 9.59 Å². The van der Waals surface area contributed by atoms with Gasteiger partial charge in [0.15, 0.2) is 6.10 Å². The third-order valence-electron chi connectivity index (χ3n) is 4.41. The summed E-state index contributed by atoms with van der Waals surface area (Å²) in [5.41, 5.74) is 1.32. The number of nitrogens with zero attached hydrogens (tertiary/aromatic N) is 1. The zero-order valence-corrected chi connectivity index (χ0v) is 16.7. The first-order valence-electron chi connectivity index (χ1n) is 9.23. The maximum atomic E-state index is 12.4. The Bertz CT molecular complexity index is 1270. The van der Waals surface area contributed by atoms with Crippen LogP contribution < -0.4 is 15.7 Å². The third kappa shape index (κ3) is 4.34. The first-order chi connectivity index (χ1) is 14.5. The summed E-state index contributed by atoms with van der Waals surface area (Å²) >= 11 is 5.93. The van der Waals surface area contributed by atoms with E-state index in [0.717, 1.165) is 0 Å². The molecule has 0 aliphatic carbocycles. The van der Waals surface area contributed by atoms with Crippen LogP contribution in [0.5, 0.6) is 5.75 Å². The number of halogens is 1. The molecule has 0 saturated carbocycles. The number of rotatable bonds is 5. The molecule has 0 saturated heterocycles. The smallest absolute Gasteiger partial charge is 0.347 e. The number of anilines is 1. The molecule has 1 aromatic heterocycles. The van der Waals surface area contributed by atoms with Crippen LogP contribution in [0.4, 0.5) is 5.69 Å². The van der Waals surface area contributed by atoms with Crippen LogP contribution in [-0.4, -0.2) is 17.0 Å². The van der Waals surface area contributed by atoms with E-state index >= 15 is 0 Å². The third-order valence-corrected chi connectivity index (χ3v) is 4.65. The number of hydrogen-bond donors (Lipinski definition) is 1. The van der Waals surface area contributed by atoms with Crippen LogP contribution in [-0.2, 0) is 4.79 Å². The fourth-order valence-electron chi connectivity index (χ4n) is 2.88. The minimum Gasteiger partial charge on any atom is -0.481 e. The summed E-state index contributed by atoms with van der Waals surface area (Å²) in [7, 11) is 0. The minimum absolute atomic E-state index is 0.217. The Hall–Kier alpha value is -3.64. The topological polar surface area (TPSA) is 81.4 Å². The Balaban J connectivity index is 1.47. The van der Waals surface area contributed by atoms with Crippen LogP contribution in [0, 0.1) is 0 Å². The lowest BCUT2D eigenvalue weighted by molar-refractivity contribution is -0.122. The second kappa shape index (κ2) is 8.39. The van der Waals surface area contributed by atoms with Crippen LogP contribution in [0.15, 0.2) is 82.0 Å². The number of carbonyl (C=O) groups excluding carboxylic acids is 1. The van der Waals surface area contributed by atoms with Crippen LogP contribution in [0.25, 0.3) is 22.4 Å². The summed E-state index contributed by atoms with van der Waals surface area (Å²) in [5.74, 6) is 0.422. The largest absolute Gasteiger partial charge is 0.481 e. The molecule has 0 aliphatic rings. The van der Waals surface area contributed by atoms with E-state index in [0.29, 0.717) is 32.9 Å². The quantitative estimate of drug-likeness (QED) is 0.496. The molecule has 7 heteroatoms. The van der Waals surface area contributed by atoms with Gasteiger partial charge in [-0.1, -0.05) is 29.8 Å². The standard InChI is InChI=1S/C23H17ClN2O4/c1-14(29-18-6-4-5-16(24)13-18)21(27)25-17-11-9-15(10-12-17)22-26-20-8-3-2-7-19(20)23(28)30-22/h2-14H,1H3,(H,25,27). The molecule has 1 heterocycles. The van der Waals surface area contributed by atoms with Gasteiger partial charge >= 0.3 is 5.63 Å². The molecule has 0 spiro atoms. The van der Waals surface area contributed by atoms with Crippen molar-refractivity contribution in [3.8, 4) is 17.2 Å². The van der Waals surface area contributed by atoms with Crippen molar-refractivity contribution in [2.75, 3.05) is 5.32 Å². The first-order valence-corrected chi connectivity index (χ1v) is 9.61. The summed E-state index contributed by atoms with van der Waals surface area (Å²) in [5, 5.41) is 3.75. The maximum absolute atomic E-state index is 12.4. The van der Waals surface area contributed by atoms with Gasteiger partial charge in [-0.15, -0.1) is 0 Å². The van der Waals surface area contributed by atoms with Crippen molar-refractivity contribution < 1.29 is 13.9 Å². The Morgan fingerprint density at radius 3 is 2.60 bits per heavy atom. The van der Waals surface area contributed by atoms with Gasteiger partial charge in [0.2, 0.25) is 5.89 Å². The molecule has 4 aromatic rings. The molecule has 1 unspecified atom stereocenters. The monoisotopic (exact) mass is 420 g/mol. The average molecular weight is 421 g/mol. The molecular weight excluding hydrogens is 404 g/mol. The molecule has 0 aliphatic heterocycles. The summed E-state index contributed by atoms with van der Waals surface area (Å²) in [6.07, 6.45) is -0.719. The van der Waals surface area contributed by atoms with E-state index in [1.54, 1.807) is 73.7 Å². The van der Waals surface area contributed by atoms with Crippen LogP contribution in [0.1, 0.15) is 6.92 Å². The van der Waals surface area contributed by atoms with Gasteiger partial charge in [0, 0.05) is 16.3 Å². The van der Waals surface area contributed by atoms with Crippen molar-refractivity contribution in [2.24, 2.45) is 0 Å². The van der Waals surface area contributed by atoms with Crippen LogP contribution >= 0.6 is 11.6 Å². The number of ether oxygens (including phenoxy) is 1. The van der Waals surface area contributed by atoms with Crippen molar-refractivity contribution in [3.05, 3.63) is 88.2 Å². The van der Waals surface area contributed by atoms with E-state index in [-0.39, 0.29) is 11.8 Å². The summed E-state index contributed by atoms with van der Waals surface area (Å²) in [4.78, 5) is 28.9. The SMILES string of the molecule is CC(Oc1cccc(Cl)c1)C(=O)Nc1ccc(-c2nc3ccccc3c(=O)o2)cc1. The molecule has 0 bridgehead atoms. The normalized spacial score (nSPS) is 11.8. The van der Waals surface area contributed by atoms with Crippen LogP contribution in [0.2, 0.25) is 5.02 Å². The van der Waals surface area contributed by atoms with Crippen LogP contribution in [0.3, 0.4) is 0 Å². The Morgan fingerprint density at radius 1 is 1.07 bits per heavy atom. The van der Waals surface area contributed by atoms with Crippen molar-refractivity contribution in [3.63, 3.8) is 0 Å². The van der Waals surface area contributed by atoms with Gasteiger partial charge in [-0.2, -0.15) is 0 Å². The highest BCUT2D eigenvalue weighted by Gasteiger charge is 2.15.